The van der Waals surface area contributed by atoms with Crippen molar-refractivity contribution in [1.82, 2.24) is 0 Å². The van der Waals surface area contributed by atoms with Gasteiger partial charge in [-0.05, 0) is 12.1 Å². The Labute approximate surface area is 80.9 Å². The van der Waals surface area contributed by atoms with Crippen LogP contribution >= 0.6 is 11.6 Å². The fraction of sp³-hybridized carbons (Fsp3) is 0.250. The van der Waals surface area contributed by atoms with Crippen molar-refractivity contribution in [2.75, 3.05) is 7.04 Å². The van der Waals surface area contributed by atoms with Crippen LogP contribution in [0.4, 0.5) is 8.78 Å². The summed E-state index contributed by atoms with van der Waals surface area (Å²) in [6, 6.07) is 1.43. The normalized spacial score (nSPS) is 18.4. The highest BCUT2D eigenvalue weighted by Crippen LogP contribution is 2.24. The van der Waals surface area contributed by atoms with Gasteiger partial charge in [0.15, 0.2) is 11.6 Å². The predicted molar refractivity (Wildman–Crippen MR) is 42.5 cm³/mol. The van der Waals surface area contributed by atoms with Crippen LogP contribution in [0.25, 0.3) is 0 Å². The Morgan fingerprint density at radius 3 is 3.00 bits per heavy atom. The molecule has 0 amide bonds. The van der Waals surface area contributed by atoms with Crippen molar-refractivity contribution in [3.8, 4) is 5.75 Å². The highest BCUT2D eigenvalue weighted by Gasteiger charge is 2.12. The summed E-state index contributed by atoms with van der Waals surface area (Å²) in [6.07, 6.45) is 0. The summed E-state index contributed by atoms with van der Waals surface area (Å²) in [5, 5.41) is 0. The smallest absolute Gasteiger partial charge is 0.166 e. The van der Waals surface area contributed by atoms with Crippen molar-refractivity contribution in [3.05, 3.63) is 29.3 Å². The Morgan fingerprint density at radius 2 is 2.42 bits per heavy atom. The van der Waals surface area contributed by atoms with E-state index in [1.807, 2.05) is 0 Å². The van der Waals surface area contributed by atoms with E-state index in [1.165, 1.54) is 0 Å². The summed E-state index contributed by atoms with van der Waals surface area (Å²) in [7, 11) is -2.92. The molecule has 0 fully saturated rings. The van der Waals surface area contributed by atoms with Crippen LogP contribution < -0.4 is 4.74 Å². The minimum atomic E-state index is -2.92. The van der Waals surface area contributed by atoms with E-state index in [0.717, 1.165) is 6.07 Å². The zero-order valence-corrected chi connectivity index (χ0v) is 6.45. The molecule has 0 radical (unpaired) electrons. The van der Waals surface area contributed by atoms with Crippen LogP contribution in [-0.2, 0) is 5.83 Å². The van der Waals surface area contributed by atoms with E-state index in [4.69, 9.17) is 18.5 Å². The molecule has 4 heteroatoms. The molecule has 0 aliphatic heterocycles. The molecular weight excluding hydrogens is 186 g/mol. The van der Waals surface area contributed by atoms with Crippen molar-refractivity contribution in [2.24, 2.45) is 0 Å². The van der Waals surface area contributed by atoms with Crippen molar-refractivity contribution in [3.63, 3.8) is 0 Å². The summed E-state index contributed by atoms with van der Waals surface area (Å²) in [4.78, 5) is 0. The fourth-order valence-corrected chi connectivity index (χ4v) is 0.882. The molecule has 0 aliphatic rings. The first-order valence-corrected chi connectivity index (χ1v) is 3.26. The maximum Gasteiger partial charge on any atom is 0.166 e. The van der Waals surface area contributed by atoms with Crippen molar-refractivity contribution >= 4 is 11.6 Å². The van der Waals surface area contributed by atoms with Crippen molar-refractivity contribution in [2.45, 2.75) is 5.83 Å². The zero-order valence-electron chi connectivity index (χ0n) is 10.7. The first-order chi connectivity index (χ1) is 7.52. The molecule has 1 nitrogen and oxygen atoms in total. The molecule has 66 valence electrons. The lowest BCUT2D eigenvalue weighted by Gasteiger charge is -2.06. The third kappa shape index (κ3) is 1.50. The molecule has 0 spiro atoms. The highest BCUT2D eigenvalue weighted by atomic mass is 35.5. The lowest BCUT2D eigenvalue weighted by atomic mass is 10.2. The molecule has 12 heavy (non-hydrogen) atoms. The van der Waals surface area contributed by atoms with Crippen LogP contribution in [0.2, 0.25) is 0 Å². The number of methoxy groups -OCH3 is 1. The van der Waals surface area contributed by atoms with Gasteiger partial charge in [0.05, 0.1) is 17.0 Å². The minimum absolute atomic E-state index is 0.628. The van der Waals surface area contributed by atoms with Crippen molar-refractivity contribution < 1.29 is 20.4 Å². The Hall–Kier alpha value is -0.830. The van der Waals surface area contributed by atoms with Crippen LogP contribution in [0.1, 0.15) is 12.4 Å². The van der Waals surface area contributed by atoms with E-state index in [2.05, 4.69) is 4.74 Å². The van der Waals surface area contributed by atoms with Gasteiger partial charge in [0.1, 0.15) is 5.75 Å². The van der Waals surface area contributed by atoms with E-state index in [1.54, 1.807) is 0 Å². The number of hydrogen-bond donors (Lipinski definition) is 0. The first kappa shape index (κ1) is 4.42. The van der Waals surface area contributed by atoms with Gasteiger partial charge >= 0.3 is 0 Å². The summed E-state index contributed by atoms with van der Waals surface area (Å²) < 4.78 is 65.4. The summed E-state index contributed by atoms with van der Waals surface area (Å²) >= 11 is 5.23. The SMILES string of the molecule is [2H]C([2H])([2H])Oc1ccc(F)c(F)c1C([2H])([2H])Cl. The monoisotopic (exact) mass is 197 g/mol. The van der Waals surface area contributed by atoms with Gasteiger partial charge in [-0.3, -0.25) is 0 Å². The van der Waals surface area contributed by atoms with E-state index in [-0.39, 0.29) is 0 Å². The number of rotatable bonds is 2. The maximum atomic E-state index is 13.4. The molecule has 1 aromatic rings. The number of halogens is 3. The molecule has 0 heterocycles. The van der Waals surface area contributed by atoms with Crippen LogP contribution in [0.3, 0.4) is 0 Å². The standard InChI is InChI=1S/C8H7ClF2O/c1-12-7-3-2-6(10)8(11)5(7)4-9/h2-3H,4H2,1H3/i1D3,4D2. The topological polar surface area (TPSA) is 9.23 Å². The molecular formula is C8H7ClF2O. The quantitative estimate of drug-likeness (QED) is 0.663. The lowest BCUT2D eigenvalue weighted by Crippen LogP contribution is -1.96. The Kier molecular flexibility index (Phi) is 1.37. The second kappa shape index (κ2) is 3.72. The van der Waals surface area contributed by atoms with E-state index >= 15 is 0 Å². The van der Waals surface area contributed by atoms with Crippen LogP contribution in [0, 0.1) is 11.6 Å². The molecule has 1 aromatic carbocycles. The molecule has 0 aliphatic carbocycles. The Balaban J connectivity index is 3.36. The van der Waals surface area contributed by atoms with Gasteiger partial charge in [-0.15, -0.1) is 11.6 Å². The predicted octanol–water partition coefficient (Wildman–Crippen LogP) is 2.71. The van der Waals surface area contributed by atoms with E-state index in [0.29, 0.717) is 6.07 Å². The van der Waals surface area contributed by atoms with Gasteiger partial charge in [0.25, 0.3) is 0 Å². The molecule has 0 saturated carbocycles. The molecule has 1 rings (SSSR count). The summed E-state index contributed by atoms with van der Waals surface area (Å²) in [5.74, 6) is -6.37. The Bertz CT molecular complexity index is 429. The zero-order chi connectivity index (χ0) is 13.4. The molecule has 0 N–H and O–H groups in total. The fourth-order valence-electron chi connectivity index (χ4n) is 0.706. The minimum Gasteiger partial charge on any atom is -0.496 e. The Morgan fingerprint density at radius 1 is 1.67 bits per heavy atom. The number of ether oxygens (including phenoxy) is 1. The highest BCUT2D eigenvalue weighted by molar-refractivity contribution is 6.17. The molecule has 0 saturated heterocycles. The molecule has 0 atom stereocenters. The summed E-state index contributed by atoms with van der Waals surface area (Å²) in [5.41, 5.74) is -0.977. The molecule has 0 bridgehead atoms. The number of alkyl halides is 1. The van der Waals surface area contributed by atoms with Crippen LogP contribution in [0.5, 0.6) is 5.75 Å². The molecule has 0 aromatic heterocycles. The second-order valence-corrected chi connectivity index (χ2v) is 2.12. The van der Waals surface area contributed by atoms with Gasteiger partial charge < -0.3 is 4.74 Å². The number of hydrogen-bond acceptors (Lipinski definition) is 1. The largest absolute Gasteiger partial charge is 0.496 e. The third-order valence-corrected chi connectivity index (χ3v) is 1.45. The lowest BCUT2D eigenvalue weighted by molar-refractivity contribution is 0.400. The van der Waals surface area contributed by atoms with Crippen LogP contribution in [0.15, 0.2) is 12.1 Å². The molecule has 0 unspecified atom stereocenters. The van der Waals surface area contributed by atoms with Gasteiger partial charge in [-0.25, -0.2) is 8.78 Å². The number of benzene rings is 1. The van der Waals surface area contributed by atoms with Crippen LogP contribution in [-0.4, -0.2) is 7.04 Å². The van der Waals surface area contributed by atoms with Gasteiger partial charge in [0, 0.05) is 8.30 Å². The maximum absolute atomic E-state index is 13.4. The van der Waals surface area contributed by atoms with E-state index < -0.39 is 35.8 Å². The summed E-state index contributed by atoms with van der Waals surface area (Å²) in [6.45, 7) is 0. The average Bonchev–Trinajstić information content (AvgIpc) is 2.06. The first-order valence-electron chi connectivity index (χ1n) is 5.39. The van der Waals surface area contributed by atoms with Gasteiger partial charge in [-0.1, -0.05) is 0 Å². The average molecular weight is 198 g/mol. The van der Waals surface area contributed by atoms with Crippen molar-refractivity contribution in [1.29, 1.82) is 0 Å². The van der Waals surface area contributed by atoms with E-state index in [9.17, 15) is 8.78 Å². The van der Waals surface area contributed by atoms with Gasteiger partial charge in [0.2, 0.25) is 0 Å². The van der Waals surface area contributed by atoms with Gasteiger partial charge in [-0.2, -0.15) is 0 Å². The third-order valence-electron chi connectivity index (χ3n) is 1.26. The second-order valence-electron chi connectivity index (χ2n) is 1.93.